The highest BCUT2D eigenvalue weighted by Gasteiger charge is 2.40. The van der Waals surface area contributed by atoms with Crippen LogP contribution in [-0.2, 0) is 0 Å². The van der Waals surface area contributed by atoms with E-state index in [0.29, 0.717) is 11.6 Å². The molecule has 3 rings (SSSR count). The molecule has 3 unspecified atom stereocenters. The van der Waals surface area contributed by atoms with Gasteiger partial charge in [0.2, 0.25) is 0 Å². The molecule has 0 heterocycles. The van der Waals surface area contributed by atoms with Crippen molar-refractivity contribution in [3.8, 4) is 0 Å². The van der Waals surface area contributed by atoms with E-state index in [9.17, 15) is 9.18 Å². The van der Waals surface area contributed by atoms with Crippen molar-refractivity contribution in [2.75, 3.05) is 19.3 Å². The Morgan fingerprint density at radius 2 is 2.20 bits per heavy atom. The minimum atomic E-state index is -0.420. The van der Waals surface area contributed by atoms with Crippen LogP contribution in [0, 0.1) is 23.6 Å². The summed E-state index contributed by atoms with van der Waals surface area (Å²) >= 11 is 0. The number of carbonyl (C=O) groups is 1. The van der Waals surface area contributed by atoms with Gasteiger partial charge >= 0.3 is 0 Å². The zero-order valence-electron chi connectivity index (χ0n) is 11.8. The number of nitrogens with two attached hydrogens (primary N) is 1. The Morgan fingerprint density at radius 1 is 1.40 bits per heavy atom. The van der Waals surface area contributed by atoms with E-state index in [1.165, 1.54) is 43.9 Å². The van der Waals surface area contributed by atoms with Gasteiger partial charge in [-0.15, -0.1) is 0 Å². The van der Waals surface area contributed by atoms with Gasteiger partial charge in [-0.3, -0.25) is 4.79 Å². The van der Waals surface area contributed by atoms with Crippen LogP contribution in [0.5, 0.6) is 0 Å². The molecule has 20 heavy (non-hydrogen) atoms. The number of nitrogens with zero attached hydrogens (tertiary/aromatic N) is 1. The second-order valence-corrected chi connectivity index (χ2v) is 6.35. The van der Waals surface area contributed by atoms with E-state index in [-0.39, 0.29) is 11.5 Å². The van der Waals surface area contributed by atoms with Gasteiger partial charge in [0.25, 0.3) is 5.91 Å². The van der Waals surface area contributed by atoms with E-state index in [1.807, 2.05) is 0 Å². The summed E-state index contributed by atoms with van der Waals surface area (Å²) in [6.07, 6.45) is 5.23. The summed E-state index contributed by atoms with van der Waals surface area (Å²) in [7, 11) is 1.79. The van der Waals surface area contributed by atoms with Crippen LogP contribution < -0.4 is 5.73 Å². The Bertz CT molecular complexity index is 531. The monoisotopic (exact) mass is 276 g/mol. The summed E-state index contributed by atoms with van der Waals surface area (Å²) in [6.45, 7) is 0.760. The molecular formula is C16H21FN2O. The Hall–Kier alpha value is -1.58. The molecule has 1 amide bonds. The van der Waals surface area contributed by atoms with Crippen molar-refractivity contribution in [1.29, 1.82) is 0 Å². The first-order valence-electron chi connectivity index (χ1n) is 7.35. The molecule has 1 aromatic rings. The van der Waals surface area contributed by atoms with Gasteiger partial charge < -0.3 is 10.6 Å². The van der Waals surface area contributed by atoms with Gasteiger partial charge in [-0.25, -0.2) is 4.39 Å². The number of benzene rings is 1. The van der Waals surface area contributed by atoms with E-state index in [0.717, 1.165) is 18.4 Å². The average Bonchev–Trinajstić information content (AvgIpc) is 3.03. The first kappa shape index (κ1) is 13.4. The number of nitrogen functional groups attached to an aromatic ring is 1. The molecule has 0 aliphatic heterocycles. The first-order valence-corrected chi connectivity index (χ1v) is 7.35. The predicted molar refractivity (Wildman–Crippen MR) is 76.7 cm³/mol. The lowest BCUT2D eigenvalue weighted by Gasteiger charge is -2.27. The van der Waals surface area contributed by atoms with Gasteiger partial charge in [-0.05, 0) is 55.2 Å². The maximum Gasteiger partial charge on any atom is 0.255 e. The second kappa shape index (κ2) is 5.08. The maximum atomic E-state index is 13.3. The quantitative estimate of drug-likeness (QED) is 0.863. The minimum absolute atomic E-state index is 0.176. The van der Waals surface area contributed by atoms with Crippen molar-refractivity contribution in [2.24, 2.45) is 17.8 Å². The maximum absolute atomic E-state index is 13.3. The van der Waals surface area contributed by atoms with Gasteiger partial charge in [-0.1, -0.05) is 6.42 Å². The Morgan fingerprint density at radius 3 is 2.85 bits per heavy atom. The van der Waals surface area contributed by atoms with Crippen molar-refractivity contribution in [2.45, 2.75) is 25.7 Å². The Labute approximate surface area is 118 Å². The van der Waals surface area contributed by atoms with Crippen molar-refractivity contribution >= 4 is 11.6 Å². The number of fused-ring (bicyclic) bond motifs is 2. The van der Waals surface area contributed by atoms with Crippen LogP contribution in [0.25, 0.3) is 0 Å². The first-order chi connectivity index (χ1) is 9.54. The molecule has 108 valence electrons. The third-order valence-corrected chi connectivity index (χ3v) is 4.99. The number of carbonyl (C=O) groups excluding carboxylic acids is 1. The molecule has 2 N–H and O–H groups in total. The fourth-order valence-electron chi connectivity index (χ4n) is 3.95. The summed E-state index contributed by atoms with van der Waals surface area (Å²) < 4.78 is 13.3. The summed E-state index contributed by atoms with van der Waals surface area (Å²) in [6, 6.07) is 3.96. The fourth-order valence-corrected chi connectivity index (χ4v) is 3.95. The third-order valence-electron chi connectivity index (χ3n) is 4.99. The molecule has 1 aromatic carbocycles. The van der Waals surface area contributed by atoms with Crippen LogP contribution >= 0.6 is 0 Å². The lowest BCUT2D eigenvalue weighted by molar-refractivity contribution is 0.0755. The van der Waals surface area contributed by atoms with Crippen LogP contribution in [0.1, 0.15) is 36.0 Å². The highest BCUT2D eigenvalue weighted by molar-refractivity contribution is 5.98. The summed E-state index contributed by atoms with van der Waals surface area (Å²) in [4.78, 5) is 14.1. The van der Waals surface area contributed by atoms with Crippen LogP contribution in [0.4, 0.5) is 10.1 Å². The standard InChI is InChI=1S/C16H21FN2O/c1-19(9-12-7-10-2-3-11(12)6-10)16(20)14-8-13(17)4-5-15(14)18/h4-5,8,10-12H,2-3,6-7,9,18H2,1H3. The van der Waals surface area contributed by atoms with E-state index < -0.39 is 5.82 Å². The molecule has 0 spiro atoms. The highest BCUT2D eigenvalue weighted by Crippen LogP contribution is 2.48. The number of rotatable bonds is 3. The van der Waals surface area contributed by atoms with E-state index in [1.54, 1.807) is 11.9 Å². The van der Waals surface area contributed by atoms with Gasteiger partial charge in [0.1, 0.15) is 5.82 Å². The molecule has 0 saturated heterocycles. The Kier molecular flexibility index (Phi) is 3.40. The van der Waals surface area contributed by atoms with E-state index in [4.69, 9.17) is 5.73 Å². The van der Waals surface area contributed by atoms with Crippen molar-refractivity contribution in [3.05, 3.63) is 29.6 Å². The molecule has 0 radical (unpaired) electrons. The van der Waals surface area contributed by atoms with Gasteiger partial charge in [0.15, 0.2) is 0 Å². The molecule has 2 fully saturated rings. The lowest BCUT2D eigenvalue weighted by Crippen LogP contribution is -2.34. The summed E-state index contributed by atoms with van der Waals surface area (Å²) in [5.41, 5.74) is 6.40. The number of amides is 1. The molecule has 2 aliphatic carbocycles. The molecule has 0 aromatic heterocycles. The number of hydrogen-bond donors (Lipinski definition) is 1. The highest BCUT2D eigenvalue weighted by atomic mass is 19.1. The molecule has 2 aliphatic rings. The largest absolute Gasteiger partial charge is 0.398 e. The third kappa shape index (κ3) is 2.39. The molecule has 2 saturated carbocycles. The minimum Gasteiger partial charge on any atom is -0.398 e. The lowest BCUT2D eigenvalue weighted by atomic mass is 9.88. The summed E-state index contributed by atoms with van der Waals surface area (Å²) in [5.74, 6) is 1.66. The van der Waals surface area contributed by atoms with Crippen LogP contribution in [0.15, 0.2) is 18.2 Å². The number of anilines is 1. The van der Waals surface area contributed by atoms with Gasteiger partial charge in [0.05, 0.1) is 5.56 Å². The van der Waals surface area contributed by atoms with E-state index in [2.05, 4.69) is 0 Å². The smallest absolute Gasteiger partial charge is 0.255 e. The molecular weight excluding hydrogens is 255 g/mol. The normalized spacial score (nSPS) is 27.8. The molecule has 4 heteroatoms. The van der Waals surface area contributed by atoms with Crippen LogP contribution in [0.2, 0.25) is 0 Å². The van der Waals surface area contributed by atoms with Crippen molar-refractivity contribution < 1.29 is 9.18 Å². The second-order valence-electron chi connectivity index (χ2n) is 6.35. The molecule has 2 bridgehead atoms. The van der Waals surface area contributed by atoms with Crippen LogP contribution in [-0.4, -0.2) is 24.4 Å². The SMILES string of the molecule is CN(CC1CC2CCC1C2)C(=O)c1cc(F)ccc1N. The van der Waals surface area contributed by atoms with E-state index >= 15 is 0 Å². The average molecular weight is 276 g/mol. The fraction of sp³-hybridized carbons (Fsp3) is 0.562. The zero-order valence-corrected chi connectivity index (χ0v) is 11.8. The topological polar surface area (TPSA) is 46.3 Å². The van der Waals surface area contributed by atoms with Gasteiger partial charge in [0, 0.05) is 19.3 Å². The zero-order chi connectivity index (χ0) is 14.3. The summed E-state index contributed by atoms with van der Waals surface area (Å²) in [5, 5.41) is 0. The number of hydrogen-bond acceptors (Lipinski definition) is 2. The van der Waals surface area contributed by atoms with Gasteiger partial charge in [-0.2, -0.15) is 0 Å². The Balaban J connectivity index is 1.69. The van der Waals surface area contributed by atoms with Crippen molar-refractivity contribution in [1.82, 2.24) is 4.90 Å². The van der Waals surface area contributed by atoms with Crippen LogP contribution in [0.3, 0.4) is 0 Å². The number of halogens is 1. The predicted octanol–water partition coefficient (Wildman–Crippen LogP) is 2.92. The van der Waals surface area contributed by atoms with Crippen molar-refractivity contribution in [3.63, 3.8) is 0 Å². The molecule has 3 atom stereocenters. The molecule has 3 nitrogen and oxygen atoms in total.